The van der Waals surface area contributed by atoms with E-state index in [1.54, 1.807) is 0 Å². The van der Waals surface area contributed by atoms with E-state index in [1.165, 1.54) is 60.7 Å². The Labute approximate surface area is 452 Å². The number of thioether (sulfide) groups is 1. The van der Waals surface area contributed by atoms with E-state index in [0.29, 0.717) is 60.0 Å². The quantitative estimate of drug-likeness (QED) is 0.0949. The number of nitrogens with zero attached hydrogens (tertiary/aromatic N) is 2. The van der Waals surface area contributed by atoms with Gasteiger partial charge in [0.15, 0.2) is 93.1 Å². The molecule has 8 aromatic rings. The van der Waals surface area contributed by atoms with Crippen LogP contribution in [0.4, 0.5) is 87.8 Å². The predicted octanol–water partition coefficient (Wildman–Crippen LogP) is 15.0. The first-order chi connectivity index (χ1) is 39.0. The molecule has 26 heteroatoms. The number of halogens is 20. The number of hydrogen-bond donors (Lipinski definition) is 2. The maximum absolute atomic E-state index is 16.6. The number of fused-ring (bicyclic) bond motifs is 6. The van der Waals surface area contributed by atoms with E-state index in [9.17, 15) is 17.6 Å². The monoisotopic (exact) mass is 1190 g/mol. The van der Waals surface area contributed by atoms with Crippen molar-refractivity contribution in [2.75, 3.05) is 0 Å². The van der Waals surface area contributed by atoms with Gasteiger partial charge < -0.3 is 9.97 Å². The van der Waals surface area contributed by atoms with Crippen LogP contribution >= 0.6 is 23.5 Å². The zero-order chi connectivity index (χ0) is 58.7. The van der Waals surface area contributed by atoms with Gasteiger partial charge in [0.1, 0.15) is 5.04 Å². The molecular weight excluding hydrogens is 1170 g/mol. The second-order valence-corrected chi connectivity index (χ2v) is 19.5. The Morgan fingerprint density at radius 3 is 1.17 bits per heavy atom. The highest BCUT2D eigenvalue weighted by Crippen LogP contribution is 2.47. The smallest absolute Gasteiger partial charge is 0.200 e. The van der Waals surface area contributed by atoms with Crippen LogP contribution in [0.1, 0.15) is 33.5 Å². The van der Waals surface area contributed by atoms with Crippen LogP contribution in [0.25, 0.3) is 22.3 Å². The summed E-state index contributed by atoms with van der Waals surface area (Å²) in [6, 6.07) is 15.9. The van der Waals surface area contributed by atoms with Crippen LogP contribution in [0.2, 0.25) is 0 Å². The first-order valence-corrected chi connectivity index (χ1v) is 24.4. The number of H-pyrrole nitrogens is 2. The molecule has 0 aliphatic carbocycles. The van der Waals surface area contributed by atoms with Gasteiger partial charge in [-0.2, -0.15) is 0 Å². The summed E-state index contributed by atoms with van der Waals surface area (Å²) in [4.78, 5) is 13.6. The van der Waals surface area contributed by atoms with Crippen molar-refractivity contribution in [1.29, 1.82) is 0 Å². The first kappa shape index (κ1) is 55.1. The fourth-order valence-corrected chi connectivity index (χ4v) is 11.0. The van der Waals surface area contributed by atoms with Gasteiger partial charge in [-0.3, -0.25) is 0 Å². The molecule has 414 valence electrons. The lowest BCUT2D eigenvalue weighted by Gasteiger charge is -2.16. The molecule has 0 atom stereocenters. The third-order valence-electron chi connectivity index (χ3n) is 12.7. The summed E-state index contributed by atoms with van der Waals surface area (Å²) in [5.74, 6) is -52.9. The number of aliphatic imine (C=N–C) groups is 2. The highest BCUT2D eigenvalue weighted by molar-refractivity contribution is 8.14. The van der Waals surface area contributed by atoms with Gasteiger partial charge in [-0.1, -0.05) is 59.9 Å². The van der Waals surface area contributed by atoms with Crippen LogP contribution in [0.5, 0.6) is 0 Å². The van der Waals surface area contributed by atoms with Crippen molar-refractivity contribution in [3.8, 4) is 0 Å². The lowest BCUT2D eigenvalue weighted by atomic mass is 9.93. The highest BCUT2D eigenvalue weighted by Gasteiger charge is 2.39. The summed E-state index contributed by atoms with van der Waals surface area (Å²) in [7, 11) is 0. The van der Waals surface area contributed by atoms with Crippen LogP contribution < -0.4 is 10.7 Å². The number of aromatic nitrogens is 2. The van der Waals surface area contributed by atoms with Crippen molar-refractivity contribution in [3.05, 3.63) is 275 Å². The molecule has 4 nitrogen and oxygen atoms in total. The Morgan fingerprint density at radius 2 is 0.720 bits per heavy atom. The van der Waals surface area contributed by atoms with Crippen molar-refractivity contribution >= 4 is 56.6 Å². The maximum Gasteiger partial charge on any atom is 0.200 e. The molecule has 0 amide bonds. The average molecular weight is 1190 g/mol. The minimum absolute atomic E-state index is 0.0719. The highest BCUT2D eigenvalue weighted by atomic mass is 32.2. The van der Waals surface area contributed by atoms with Crippen LogP contribution in [0.3, 0.4) is 0 Å². The molecule has 8 bridgehead atoms. The lowest BCUT2D eigenvalue weighted by molar-refractivity contribution is 0.376. The molecule has 3 aliphatic heterocycles. The van der Waals surface area contributed by atoms with Crippen LogP contribution in [-0.4, -0.2) is 20.7 Å². The lowest BCUT2D eigenvalue weighted by Crippen LogP contribution is -2.21. The molecule has 82 heavy (non-hydrogen) atoms. The molecule has 0 spiro atoms. The molecule has 0 saturated heterocycles. The van der Waals surface area contributed by atoms with Gasteiger partial charge in [-0.25, -0.2) is 97.8 Å². The number of nitrogens with one attached hydrogen (secondary N) is 2. The third-order valence-corrected chi connectivity index (χ3v) is 14.8. The number of rotatable bonds is 7. The first-order valence-electron chi connectivity index (χ1n) is 22.8. The number of benzene rings is 6. The van der Waals surface area contributed by atoms with Crippen molar-refractivity contribution in [2.45, 2.75) is 14.8 Å². The Kier molecular flexibility index (Phi) is 13.9. The van der Waals surface area contributed by atoms with E-state index >= 15 is 70.2 Å². The van der Waals surface area contributed by atoms with Gasteiger partial charge in [-0.15, -0.1) is 0 Å². The molecule has 0 saturated carbocycles. The van der Waals surface area contributed by atoms with E-state index in [-0.39, 0.29) is 9.79 Å². The molecule has 2 N–H and O–H groups in total. The number of aromatic amines is 2. The molecule has 5 heterocycles. The largest absolute Gasteiger partial charge is 0.354 e. The van der Waals surface area contributed by atoms with Crippen molar-refractivity contribution < 1.29 is 87.8 Å². The standard InChI is InChI=1S/C56H18F20N4S2/c57-35-31(36(58)44(66)51(73)43(35)65)27-19-15-25(79-55(19)81-17-7-3-1-4-8-17)29(33-39(61)47(69)53(75)48(70)40(33)62)23-14-12-22(78-23)28(32-37(59)45(67)52(74)46(68)38(32)60)20-16-26(80-56(20)82-18-9-5-2-6-10-18)30(24-13-11-21(27)77-24)34-41(63)49(71)54(76)50(72)42(34)64/h1-16,77,79H. The number of hydrogen-bond acceptors (Lipinski definition) is 4. The Bertz CT molecular complexity index is 4390. The summed E-state index contributed by atoms with van der Waals surface area (Å²) in [5, 5.41) is -3.19. The number of allylic oxidation sites excluding steroid dienone is 5. The minimum atomic E-state index is -2.73. The summed E-state index contributed by atoms with van der Waals surface area (Å²) in [6.45, 7) is 0. The Morgan fingerprint density at radius 1 is 0.341 bits per heavy atom. The zero-order valence-corrected chi connectivity index (χ0v) is 41.1. The van der Waals surface area contributed by atoms with E-state index in [0.717, 1.165) is 0 Å². The second-order valence-electron chi connectivity index (χ2n) is 17.4. The van der Waals surface area contributed by atoms with Gasteiger partial charge in [-0.05, 0) is 60.7 Å². The SMILES string of the molecule is Fc1c(F)c(F)c(C2=C3C=C(N=C3Sc3ccccc3)C(c3c(F)c(F)c(F)c(F)c3F)=c3ccc([nH]3)=C(c3c(F)c(F)c(F)c(F)c3F)c3cc([nH]c3Sc3ccccc3)C(c3c(F)c(F)c(F)c(F)c3F)=C3C=CC2=N3)c(F)c1F. The Balaban J connectivity index is 1.43. The van der Waals surface area contributed by atoms with Gasteiger partial charge in [0.05, 0.1) is 44.4 Å². The topological polar surface area (TPSA) is 56.3 Å². The minimum Gasteiger partial charge on any atom is -0.354 e. The molecular formula is C56H18F20N4S2. The van der Waals surface area contributed by atoms with E-state index in [4.69, 9.17) is 0 Å². The molecule has 0 radical (unpaired) electrons. The summed E-state index contributed by atoms with van der Waals surface area (Å²) in [6.07, 6.45) is 1.81. The third kappa shape index (κ3) is 8.67. The molecule has 0 fully saturated rings. The fourth-order valence-electron chi connectivity index (χ4n) is 9.07. The Hall–Kier alpha value is -8.78. The van der Waals surface area contributed by atoms with Crippen LogP contribution in [-0.2, 0) is 0 Å². The van der Waals surface area contributed by atoms with Crippen molar-refractivity contribution in [2.24, 2.45) is 9.98 Å². The summed E-state index contributed by atoms with van der Waals surface area (Å²) >= 11 is 0.922. The van der Waals surface area contributed by atoms with Crippen molar-refractivity contribution in [3.63, 3.8) is 0 Å². The molecule has 2 aromatic heterocycles. The van der Waals surface area contributed by atoms with E-state index in [1.807, 2.05) is 0 Å². The maximum atomic E-state index is 16.6. The second kappa shape index (κ2) is 20.6. The van der Waals surface area contributed by atoms with Crippen LogP contribution in [0, 0.1) is 116 Å². The molecule has 11 rings (SSSR count). The van der Waals surface area contributed by atoms with Crippen LogP contribution in [0.15, 0.2) is 139 Å². The molecule has 6 aromatic carbocycles. The predicted molar refractivity (Wildman–Crippen MR) is 258 cm³/mol. The molecule has 0 unspecified atom stereocenters. The van der Waals surface area contributed by atoms with E-state index in [2.05, 4.69) is 20.0 Å². The average Bonchev–Trinajstić information content (AvgIpc) is 2.79. The summed E-state index contributed by atoms with van der Waals surface area (Å²) < 4.78 is 316. The normalized spacial score (nSPS) is 14.2. The van der Waals surface area contributed by atoms with Gasteiger partial charge in [0.2, 0.25) is 23.3 Å². The van der Waals surface area contributed by atoms with Gasteiger partial charge in [0.25, 0.3) is 0 Å². The summed E-state index contributed by atoms with van der Waals surface area (Å²) in [5.41, 5.74) is -18.5. The van der Waals surface area contributed by atoms with Gasteiger partial charge >= 0.3 is 0 Å². The van der Waals surface area contributed by atoms with Crippen molar-refractivity contribution in [1.82, 2.24) is 9.97 Å². The molecule has 3 aliphatic rings. The fraction of sp³-hybridized carbons (Fsp3) is 0. The zero-order valence-electron chi connectivity index (χ0n) is 39.5. The van der Waals surface area contributed by atoms with E-state index < -0.39 is 216 Å². The van der Waals surface area contributed by atoms with Gasteiger partial charge in [0, 0.05) is 59.6 Å².